The maximum absolute atomic E-state index is 10.9. The van der Waals surface area contributed by atoms with Gasteiger partial charge in [-0.2, -0.15) is 5.26 Å². The molecule has 19 heavy (non-hydrogen) atoms. The van der Waals surface area contributed by atoms with Gasteiger partial charge in [-0.15, -0.1) is 0 Å². The molecule has 1 aliphatic carbocycles. The number of nitriles is 1. The minimum Gasteiger partial charge on any atom is -0.490 e. The maximum atomic E-state index is 10.9. The average Bonchev–Trinajstić information content (AvgIpc) is 2.67. The molecule has 0 spiro atoms. The van der Waals surface area contributed by atoms with Crippen LogP contribution in [0.2, 0.25) is 0 Å². The third-order valence-corrected chi connectivity index (χ3v) is 3.39. The topological polar surface area (TPSA) is 76.2 Å². The summed E-state index contributed by atoms with van der Waals surface area (Å²) in [5.74, 6) is 0.484. The molecule has 0 unspecified atom stereocenters. The minimum absolute atomic E-state index is 0.0678. The Bertz CT molecular complexity index is 500. The van der Waals surface area contributed by atoms with E-state index in [9.17, 15) is 10.1 Å². The van der Waals surface area contributed by atoms with Crippen molar-refractivity contribution in [3.63, 3.8) is 0 Å². The highest BCUT2D eigenvalue weighted by Gasteiger charge is 2.18. The predicted octanol–water partition coefficient (Wildman–Crippen LogP) is 3.57. The summed E-state index contributed by atoms with van der Waals surface area (Å²) in [4.78, 5) is 10.3. The molecule has 1 saturated carbocycles. The summed E-state index contributed by atoms with van der Waals surface area (Å²) < 4.78 is 5.81. The average molecular weight is 260 g/mol. The van der Waals surface area contributed by atoms with E-state index in [-0.39, 0.29) is 17.4 Å². The zero-order valence-electron chi connectivity index (χ0n) is 10.7. The predicted molar refractivity (Wildman–Crippen MR) is 69.9 cm³/mol. The maximum Gasteiger partial charge on any atom is 0.290 e. The van der Waals surface area contributed by atoms with Crippen LogP contribution in [0.3, 0.4) is 0 Å². The van der Waals surface area contributed by atoms with Gasteiger partial charge in [-0.25, -0.2) is 0 Å². The molecule has 1 aromatic carbocycles. The van der Waals surface area contributed by atoms with Crippen molar-refractivity contribution < 1.29 is 9.66 Å². The van der Waals surface area contributed by atoms with Gasteiger partial charge in [-0.1, -0.05) is 12.8 Å². The Labute approximate surface area is 112 Å². The second-order valence-electron chi connectivity index (χ2n) is 4.78. The molecule has 2 rings (SSSR count). The van der Waals surface area contributed by atoms with E-state index >= 15 is 0 Å². The van der Waals surface area contributed by atoms with E-state index in [0.717, 1.165) is 25.7 Å². The van der Waals surface area contributed by atoms with Gasteiger partial charge in [0.1, 0.15) is 17.4 Å². The number of hydrogen-bond acceptors (Lipinski definition) is 4. The lowest BCUT2D eigenvalue weighted by Crippen LogP contribution is -2.15. The normalized spacial score (nSPS) is 16.4. The molecular formula is C14H16N2O3. The Morgan fingerprint density at radius 3 is 2.53 bits per heavy atom. The van der Waals surface area contributed by atoms with E-state index in [2.05, 4.69) is 0 Å². The minimum atomic E-state index is -0.543. The van der Waals surface area contributed by atoms with Gasteiger partial charge >= 0.3 is 0 Å². The van der Waals surface area contributed by atoms with E-state index in [1.807, 2.05) is 6.07 Å². The van der Waals surface area contributed by atoms with Gasteiger partial charge < -0.3 is 4.74 Å². The first-order valence-electron chi connectivity index (χ1n) is 6.56. The number of ether oxygens (including phenoxy) is 1. The van der Waals surface area contributed by atoms with Crippen molar-refractivity contribution in [3.8, 4) is 11.8 Å². The quantitative estimate of drug-likeness (QED) is 0.473. The number of rotatable bonds is 3. The largest absolute Gasteiger partial charge is 0.490 e. The summed E-state index contributed by atoms with van der Waals surface area (Å²) in [5, 5.41) is 19.7. The summed E-state index contributed by atoms with van der Waals surface area (Å²) in [6.07, 6.45) is 6.86. The lowest BCUT2D eigenvalue weighted by Gasteiger charge is -2.16. The van der Waals surface area contributed by atoms with Crippen molar-refractivity contribution in [2.24, 2.45) is 0 Å². The van der Waals surface area contributed by atoms with Crippen LogP contribution in [-0.4, -0.2) is 11.0 Å². The van der Waals surface area contributed by atoms with E-state index in [4.69, 9.17) is 10.00 Å². The van der Waals surface area contributed by atoms with Crippen LogP contribution in [0.5, 0.6) is 5.75 Å². The molecule has 0 radical (unpaired) electrons. The molecule has 0 N–H and O–H groups in total. The number of hydrogen-bond donors (Lipinski definition) is 0. The van der Waals surface area contributed by atoms with Gasteiger partial charge in [-0.3, -0.25) is 10.1 Å². The van der Waals surface area contributed by atoms with Crippen molar-refractivity contribution in [3.05, 3.63) is 33.9 Å². The zero-order chi connectivity index (χ0) is 13.7. The lowest BCUT2D eigenvalue weighted by molar-refractivity contribution is -0.385. The molecule has 1 aliphatic rings. The first-order valence-corrected chi connectivity index (χ1v) is 6.56. The fourth-order valence-corrected chi connectivity index (χ4v) is 2.38. The Morgan fingerprint density at radius 2 is 1.95 bits per heavy atom. The summed E-state index contributed by atoms with van der Waals surface area (Å²) in [6.45, 7) is 0. The van der Waals surface area contributed by atoms with E-state index in [1.165, 1.54) is 25.0 Å². The molecule has 0 amide bonds. The Kier molecular flexibility index (Phi) is 4.35. The molecule has 5 nitrogen and oxygen atoms in total. The fraction of sp³-hybridized carbons (Fsp3) is 0.500. The first-order chi connectivity index (χ1) is 9.20. The van der Waals surface area contributed by atoms with Crippen LogP contribution in [0.15, 0.2) is 18.2 Å². The highest BCUT2D eigenvalue weighted by molar-refractivity contribution is 5.52. The molecular weight excluding hydrogens is 244 g/mol. The zero-order valence-corrected chi connectivity index (χ0v) is 10.7. The smallest absolute Gasteiger partial charge is 0.290 e. The van der Waals surface area contributed by atoms with Crippen molar-refractivity contribution in [1.82, 2.24) is 0 Å². The fourth-order valence-electron chi connectivity index (χ4n) is 2.38. The van der Waals surface area contributed by atoms with Gasteiger partial charge in [0.25, 0.3) is 5.69 Å². The van der Waals surface area contributed by atoms with Crippen molar-refractivity contribution in [2.75, 3.05) is 0 Å². The molecule has 0 heterocycles. The molecule has 1 aromatic rings. The standard InChI is InChI=1S/C14H16N2O3/c15-10-11-7-8-13(9-14(11)16(17)18)19-12-5-3-1-2-4-6-12/h7-9,12H,1-6H2. The van der Waals surface area contributed by atoms with Gasteiger partial charge in [0.15, 0.2) is 0 Å². The molecule has 0 bridgehead atoms. The second kappa shape index (κ2) is 6.19. The first kappa shape index (κ1) is 13.3. The van der Waals surface area contributed by atoms with Crippen LogP contribution in [0.1, 0.15) is 44.1 Å². The third-order valence-electron chi connectivity index (χ3n) is 3.39. The highest BCUT2D eigenvalue weighted by Crippen LogP contribution is 2.27. The van der Waals surface area contributed by atoms with Crippen LogP contribution < -0.4 is 4.74 Å². The number of nitro groups is 1. The van der Waals surface area contributed by atoms with Crippen LogP contribution in [0.4, 0.5) is 5.69 Å². The van der Waals surface area contributed by atoms with Crippen LogP contribution in [-0.2, 0) is 0 Å². The van der Waals surface area contributed by atoms with Gasteiger partial charge in [0, 0.05) is 0 Å². The lowest BCUT2D eigenvalue weighted by atomic mass is 10.1. The molecule has 0 aliphatic heterocycles. The molecule has 1 fully saturated rings. The Hall–Kier alpha value is -2.09. The summed E-state index contributed by atoms with van der Waals surface area (Å²) in [7, 11) is 0. The van der Waals surface area contributed by atoms with E-state index < -0.39 is 4.92 Å². The second-order valence-corrected chi connectivity index (χ2v) is 4.78. The number of nitro benzene ring substituents is 1. The van der Waals surface area contributed by atoms with Crippen LogP contribution >= 0.6 is 0 Å². The summed E-state index contributed by atoms with van der Waals surface area (Å²) in [5.41, 5.74) is -0.119. The Balaban J connectivity index is 2.14. The SMILES string of the molecule is N#Cc1ccc(OC2CCCCCC2)cc1[N+](=O)[O-]. The Morgan fingerprint density at radius 1 is 1.26 bits per heavy atom. The molecule has 5 heteroatoms. The van der Waals surface area contributed by atoms with Gasteiger partial charge in [0.05, 0.1) is 17.1 Å². The summed E-state index contributed by atoms with van der Waals surface area (Å²) >= 11 is 0. The molecule has 100 valence electrons. The molecule has 0 atom stereocenters. The number of nitrogens with zero attached hydrogens (tertiary/aromatic N) is 2. The molecule has 0 saturated heterocycles. The third kappa shape index (κ3) is 3.44. The van der Waals surface area contributed by atoms with Crippen molar-refractivity contribution in [2.45, 2.75) is 44.6 Å². The highest BCUT2D eigenvalue weighted by atomic mass is 16.6. The monoisotopic (exact) mass is 260 g/mol. The van der Waals surface area contributed by atoms with Crippen LogP contribution in [0, 0.1) is 21.4 Å². The molecule has 0 aromatic heterocycles. The van der Waals surface area contributed by atoms with Crippen molar-refractivity contribution in [1.29, 1.82) is 5.26 Å². The van der Waals surface area contributed by atoms with Gasteiger partial charge in [-0.05, 0) is 37.8 Å². The van der Waals surface area contributed by atoms with E-state index in [1.54, 1.807) is 6.07 Å². The van der Waals surface area contributed by atoms with E-state index in [0.29, 0.717) is 5.75 Å². The number of benzene rings is 1. The van der Waals surface area contributed by atoms with Crippen LogP contribution in [0.25, 0.3) is 0 Å². The van der Waals surface area contributed by atoms with Gasteiger partial charge in [0.2, 0.25) is 0 Å². The van der Waals surface area contributed by atoms with Crippen molar-refractivity contribution >= 4 is 5.69 Å². The summed E-state index contributed by atoms with van der Waals surface area (Å²) in [6, 6.07) is 6.26.